The molecule has 0 unspecified atom stereocenters. The van der Waals surface area contributed by atoms with Gasteiger partial charge >= 0.3 is 0 Å². The van der Waals surface area contributed by atoms with Crippen LogP contribution in [0.3, 0.4) is 0 Å². The van der Waals surface area contributed by atoms with E-state index >= 15 is 0 Å². The number of amides is 1. The molecule has 0 fully saturated rings. The summed E-state index contributed by atoms with van der Waals surface area (Å²) in [7, 11) is 0. The molecule has 1 aromatic carbocycles. The molecule has 0 spiro atoms. The molecule has 0 bridgehead atoms. The van der Waals surface area contributed by atoms with Crippen LogP contribution >= 0.6 is 0 Å². The molecule has 1 aromatic heterocycles. The molecule has 3 nitrogen and oxygen atoms in total. The molecule has 0 atom stereocenters. The largest absolute Gasteiger partial charge is 0.345 e. The number of carbonyl (C=O) groups is 1. The predicted molar refractivity (Wildman–Crippen MR) is 99.7 cm³/mol. The van der Waals surface area contributed by atoms with Crippen molar-refractivity contribution in [2.24, 2.45) is 11.8 Å². The van der Waals surface area contributed by atoms with Gasteiger partial charge in [0.2, 0.25) is 5.91 Å². The van der Waals surface area contributed by atoms with Crippen molar-refractivity contribution in [1.29, 1.82) is 0 Å². The maximum Gasteiger partial charge on any atom is 0.223 e. The number of carbonyl (C=O) groups excluding carboxylic acids is 1. The van der Waals surface area contributed by atoms with Crippen LogP contribution in [0, 0.1) is 11.8 Å². The summed E-state index contributed by atoms with van der Waals surface area (Å²) < 4.78 is 2.24. The lowest BCUT2D eigenvalue weighted by Crippen LogP contribution is -2.35. The lowest BCUT2D eigenvalue weighted by atomic mass is 10.1. The van der Waals surface area contributed by atoms with Gasteiger partial charge in [-0.1, -0.05) is 58.0 Å². The Morgan fingerprint density at radius 3 is 2.33 bits per heavy atom. The zero-order chi connectivity index (χ0) is 17.5. The first-order valence-corrected chi connectivity index (χ1v) is 8.91. The predicted octanol–water partition coefficient (Wildman–Crippen LogP) is 4.57. The van der Waals surface area contributed by atoms with Crippen LogP contribution in [0.15, 0.2) is 48.7 Å². The highest BCUT2D eigenvalue weighted by molar-refractivity contribution is 5.76. The molecule has 0 saturated heterocycles. The molecule has 2 aromatic rings. The first-order chi connectivity index (χ1) is 11.5. The van der Waals surface area contributed by atoms with E-state index in [0.717, 1.165) is 13.1 Å². The molecule has 0 saturated carbocycles. The Balaban J connectivity index is 2.11. The fraction of sp³-hybridized carbons (Fsp3) is 0.476. The van der Waals surface area contributed by atoms with Crippen molar-refractivity contribution in [1.82, 2.24) is 9.47 Å². The Morgan fingerprint density at radius 2 is 1.71 bits per heavy atom. The SMILES string of the molecule is CC(C)CC(=O)N(Cc1cccn1Cc1ccccc1)CC(C)C. The van der Waals surface area contributed by atoms with E-state index in [2.05, 4.69) is 74.9 Å². The normalized spacial score (nSPS) is 11.2. The Hall–Kier alpha value is -2.03. The maximum atomic E-state index is 12.6. The quantitative estimate of drug-likeness (QED) is 0.698. The molecule has 2 rings (SSSR count). The van der Waals surface area contributed by atoms with Crippen LogP contribution in [0.4, 0.5) is 0 Å². The van der Waals surface area contributed by atoms with Gasteiger partial charge in [0.05, 0.1) is 6.54 Å². The Morgan fingerprint density at radius 1 is 1.00 bits per heavy atom. The summed E-state index contributed by atoms with van der Waals surface area (Å²) in [6.07, 6.45) is 2.72. The lowest BCUT2D eigenvalue weighted by molar-refractivity contribution is -0.133. The summed E-state index contributed by atoms with van der Waals surface area (Å²) in [6.45, 7) is 10.9. The Bertz CT molecular complexity index is 628. The number of nitrogens with zero attached hydrogens (tertiary/aromatic N) is 2. The monoisotopic (exact) mass is 326 g/mol. The van der Waals surface area contributed by atoms with Crippen LogP contribution < -0.4 is 0 Å². The molecule has 0 aliphatic rings. The van der Waals surface area contributed by atoms with E-state index in [9.17, 15) is 4.79 Å². The Kier molecular flexibility index (Phi) is 6.65. The van der Waals surface area contributed by atoms with E-state index in [1.165, 1.54) is 11.3 Å². The van der Waals surface area contributed by atoms with E-state index in [1.54, 1.807) is 0 Å². The highest BCUT2D eigenvalue weighted by atomic mass is 16.2. The minimum absolute atomic E-state index is 0.256. The maximum absolute atomic E-state index is 12.6. The van der Waals surface area contributed by atoms with Crippen LogP contribution in [0.25, 0.3) is 0 Å². The highest BCUT2D eigenvalue weighted by Crippen LogP contribution is 2.14. The molecule has 0 aliphatic carbocycles. The van der Waals surface area contributed by atoms with Gasteiger partial charge in [-0.15, -0.1) is 0 Å². The van der Waals surface area contributed by atoms with Gasteiger partial charge in [-0.2, -0.15) is 0 Å². The minimum atomic E-state index is 0.256. The molecule has 24 heavy (non-hydrogen) atoms. The van der Waals surface area contributed by atoms with Crippen molar-refractivity contribution in [2.75, 3.05) is 6.54 Å². The second kappa shape index (κ2) is 8.72. The van der Waals surface area contributed by atoms with Crippen LogP contribution in [-0.4, -0.2) is 21.9 Å². The van der Waals surface area contributed by atoms with Crippen LogP contribution in [0.2, 0.25) is 0 Å². The smallest absolute Gasteiger partial charge is 0.223 e. The molecule has 0 N–H and O–H groups in total. The summed E-state index contributed by atoms with van der Waals surface area (Å²) in [4.78, 5) is 14.6. The number of rotatable bonds is 8. The average molecular weight is 326 g/mol. The molecular formula is C21H30N2O. The van der Waals surface area contributed by atoms with Crippen molar-refractivity contribution < 1.29 is 4.79 Å². The fourth-order valence-corrected chi connectivity index (χ4v) is 2.90. The van der Waals surface area contributed by atoms with Crippen LogP contribution in [0.5, 0.6) is 0 Å². The van der Waals surface area contributed by atoms with Gasteiger partial charge in [-0.25, -0.2) is 0 Å². The van der Waals surface area contributed by atoms with Gasteiger partial charge in [0, 0.05) is 31.4 Å². The van der Waals surface area contributed by atoms with Crippen molar-refractivity contribution >= 4 is 5.91 Å². The fourth-order valence-electron chi connectivity index (χ4n) is 2.90. The lowest BCUT2D eigenvalue weighted by Gasteiger charge is -2.26. The number of hydrogen-bond donors (Lipinski definition) is 0. The zero-order valence-corrected chi connectivity index (χ0v) is 15.4. The van der Waals surface area contributed by atoms with Gasteiger partial charge in [-0.05, 0) is 29.5 Å². The number of aromatic nitrogens is 1. The molecule has 130 valence electrons. The van der Waals surface area contributed by atoms with Gasteiger partial charge in [0.25, 0.3) is 0 Å². The average Bonchev–Trinajstić information content (AvgIpc) is 2.93. The zero-order valence-electron chi connectivity index (χ0n) is 15.4. The minimum Gasteiger partial charge on any atom is -0.345 e. The Labute approximate surface area is 146 Å². The summed E-state index contributed by atoms with van der Waals surface area (Å²) in [5.74, 6) is 1.12. The van der Waals surface area contributed by atoms with E-state index in [4.69, 9.17) is 0 Å². The first kappa shape index (κ1) is 18.3. The topological polar surface area (TPSA) is 25.2 Å². The molecule has 1 amide bonds. The number of hydrogen-bond acceptors (Lipinski definition) is 1. The summed E-state index contributed by atoms with van der Waals surface area (Å²) >= 11 is 0. The summed E-state index contributed by atoms with van der Waals surface area (Å²) in [6, 6.07) is 14.6. The molecule has 1 heterocycles. The standard InChI is InChI=1S/C21H30N2O/c1-17(2)13-21(24)23(14-18(3)4)16-20-11-8-12-22(20)15-19-9-6-5-7-10-19/h5-12,17-18H,13-16H2,1-4H3. The van der Waals surface area contributed by atoms with Gasteiger partial charge in [0.15, 0.2) is 0 Å². The summed E-state index contributed by atoms with van der Waals surface area (Å²) in [5, 5.41) is 0. The third-order valence-electron chi connectivity index (χ3n) is 3.99. The van der Waals surface area contributed by atoms with Crippen LogP contribution in [-0.2, 0) is 17.9 Å². The molecule has 3 heteroatoms. The third-order valence-corrected chi connectivity index (χ3v) is 3.99. The van der Waals surface area contributed by atoms with Crippen molar-refractivity contribution in [3.63, 3.8) is 0 Å². The van der Waals surface area contributed by atoms with E-state index < -0.39 is 0 Å². The van der Waals surface area contributed by atoms with Gasteiger partial charge in [0.1, 0.15) is 0 Å². The molecule has 0 aliphatic heterocycles. The van der Waals surface area contributed by atoms with Crippen molar-refractivity contribution in [3.8, 4) is 0 Å². The highest BCUT2D eigenvalue weighted by Gasteiger charge is 2.18. The van der Waals surface area contributed by atoms with E-state index in [1.807, 2.05) is 11.0 Å². The third kappa shape index (κ3) is 5.55. The van der Waals surface area contributed by atoms with E-state index in [-0.39, 0.29) is 5.91 Å². The second-order valence-electron chi connectivity index (χ2n) is 7.38. The molecule has 0 radical (unpaired) electrons. The second-order valence-corrected chi connectivity index (χ2v) is 7.38. The van der Waals surface area contributed by atoms with Crippen molar-refractivity contribution in [3.05, 3.63) is 59.9 Å². The van der Waals surface area contributed by atoms with Crippen molar-refractivity contribution in [2.45, 2.75) is 47.2 Å². The molecular weight excluding hydrogens is 296 g/mol. The van der Waals surface area contributed by atoms with Gasteiger partial charge < -0.3 is 9.47 Å². The summed E-state index contributed by atoms with van der Waals surface area (Å²) in [5.41, 5.74) is 2.47. The van der Waals surface area contributed by atoms with Gasteiger partial charge in [-0.3, -0.25) is 4.79 Å². The first-order valence-electron chi connectivity index (χ1n) is 8.91. The van der Waals surface area contributed by atoms with E-state index in [0.29, 0.717) is 24.8 Å². The number of benzene rings is 1. The van der Waals surface area contributed by atoms with Crippen LogP contribution in [0.1, 0.15) is 45.4 Å².